The molecule has 0 radical (unpaired) electrons. The molecule has 0 bridgehead atoms. The number of allylic oxidation sites excluding steroid dienone is 1. The van der Waals surface area contributed by atoms with E-state index in [9.17, 15) is 24.0 Å². The molecule has 38 heavy (non-hydrogen) atoms. The number of amides is 3. The zero-order chi connectivity index (χ0) is 28.3. The molecule has 2 fully saturated rings. The fraction of sp³-hybridized carbons (Fsp3) is 0.565. The molecule has 0 aliphatic carbocycles. The van der Waals surface area contributed by atoms with Gasteiger partial charge in [0.2, 0.25) is 12.7 Å². The zero-order valence-corrected chi connectivity index (χ0v) is 23.1. The van der Waals surface area contributed by atoms with Gasteiger partial charge < -0.3 is 35.9 Å². The topological polar surface area (TPSA) is 193 Å². The molecule has 5 N–H and O–H groups in total. The lowest BCUT2D eigenvalue weighted by Crippen LogP contribution is -2.74. The zero-order valence-electron chi connectivity index (χ0n) is 21.5. The van der Waals surface area contributed by atoms with Crippen molar-refractivity contribution in [3.05, 3.63) is 17.2 Å². The molecule has 13 nitrogen and oxygen atoms in total. The Labute approximate surface area is 227 Å². The number of nitrogens with two attached hydrogens (primary N) is 2. The molecule has 2 aliphatic heterocycles. The summed E-state index contributed by atoms with van der Waals surface area (Å²) in [6.07, 6.45) is 1.17. The standard InChI is InChI=1S/C23H31N5O8S2/c1-5-6-12(13-7-37-20(24)26-13)15(29)27-14-16(30)28-8-23(9-34-21(25)33,10-38-17(14)28)19(32)36-11-35-18(31)22(2,3)4/h6-7,14,17H,5,8-11H2,1-4H3,(H2,24,26)(H2,25,33)(H,27,29)/t14-,17-,23?/m1/s1. The highest BCUT2D eigenvalue weighted by Gasteiger charge is 2.58. The maximum Gasteiger partial charge on any atom is 0.404 e. The van der Waals surface area contributed by atoms with Crippen LogP contribution in [0, 0.1) is 10.8 Å². The number of β-lactam (4-membered cyclic amide) rings is 1. The lowest BCUT2D eigenvalue weighted by atomic mass is 9.88. The van der Waals surface area contributed by atoms with Gasteiger partial charge in [-0.25, -0.2) is 9.78 Å². The van der Waals surface area contributed by atoms with Gasteiger partial charge in [0.25, 0.3) is 5.91 Å². The van der Waals surface area contributed by atoms with Gasteiger partial charge in [0, 0.05) is 17.7 Å². The van der Waals surface area contributed by atoms with Crippen LogP contribution in [0.1, 0.15) is 39.8 Å². The summed E-state index contributed by atoms with van der Waals surface area (Å²) in [6.45, 7) is 5.59. The van der Waals surface area contributed by atoms with Crippen molar-refractivity contribution in [1.29, 1.82) is 0 Å². The molecule has 1 aromatic rings. The quantitative estimate of drug-likeness (QED) is 0.167. The number of anilines is 1. The lowest BCUT2D eigenvalue weighted by molar-refractivity contribution is -0.182. The SMILES string of the molecule is CCC=C(C(=O)N[C@@H]1C(=O)N2CC(COC(N)=O)(C(=O)OCOC(=O)C(C)(C)C)CS[C@H]12)c1csc(N)n1. The van der Waals surface area contributed by atoms with E-state index < -0.39 is 65.5 Å². The third kappa shape index (κ3) is 6.38. The number of nitrogens with zero attached hydrogens (tertiary/aromatic N) is 2. The van der Waals surface area contributed by atoms with Crippen molar-refractivity contribution in [1.82, 2.24) is 15.2 Å². The summed E-state index contributed by atoms with van der Waals surface area (Å²) in [7, 11) is 0. The predicted molar refractivity (Wildman–Crippen MR) is 139 cm³/mol. The Hall–Kier alpha value is -3.33. The summed E-state index contributed by atoms with van der Waals surface area (Å²) in [4.78, 5) is 67.8. The molecule has 1 unspecified atom stereocenters. The maximum absolute atomic E-state index is 13.0. The molecular weight excluding hydrogens is 538 g/mol. The Kier molecular flexibility index (Phi) is 8.92. The number of thioether (sulfide) groups is 1. The van der Waals surface area contributed by atoms with Crippen LogP contribution in [0.15, 0.2) is 11.5 Å². The number of nitrogen functional groups attached to an aromatic ring is 1. The monoisotopic (exact) mass is 569 g/mol. The van der Waals surface area contributed by atoms with Crippen molar-refractivity contribution >= 4 is 63.6 Å². The van der Waals surface area contributed by atoms with Gasteiger partial charge in [0.1, 0.15) is 23.4 Å². The molecule has 3 rings (SSSR count). The molecule has 2 aliphatic rings. The number of aromatic nitrogens is 1. The summed E-state index contributed by atoms with van der Waals surface area (Å²) in [5, 5.41) is 4.28. The van der Waals surface area contributed by atoms with Crippen molar-refractivity contribution in [2.45, 2.75) is 45.5 Å². The highest BCUT2D eigenvalue weighted by Crippen LogP contribution is 2.43. The largest absolute Gasteiger partial charge is 0.448 e. The van der Waals surface area contributed by atoms with E-state index in [1.165, 1.54) is 28.0 Å². The molecule has 15 heteroatoms. The number of carbonyl (C=O) groups excluding carboxylic acids is 5. The van der Waals surface area contributed by atoms with Gasteiger partial charge in [-0.05, 0) is 27.2 Å². The summed E-state index contributed by atoms with van der Waals surface area (Å²) >= 11 is 2.42. The van der Waals surface area contributed by atoms with Crippen LogP contribution in [0.4, 0.5) is 9.93 Å². The molecule has 0 aromatic carbocycles. The maximum atomic E-state index is 13.0. The second-order valence-corrected chi connectivity index (χ2v) is 11.8. The Morgan fingerprint density at radius 1 is 1.26 bits per heavy atom. The first-order valence-electron chi connectivity index (χ1n) is 11.7. The predicted octanol–water partition coefficient (Wildman–Crippen LogP) is 1.09. The van der Waals surface area contributed by atoms with Crippen LogP contribution in [0.25, 0.3) is 5.57 Å². The normalized spacial score (nSPS) is 23.1. The molecule has 3 heterocycles. The van der Waals surface area contributed by atoms with E-state index in [0.717, 1.165) is 0 Å². The Balaban J connectivity index is 1.68. The number of carbonyl (C=O) groups is 5. The fourth-order valence-electron chi connectivity index (χ4n) is 3.76. The smallest absolute Gasteiger partial charge is 0.404 e. The minimum Gasteiger partial charge on any atom is -0.448 e. The van der Waals surface area contributed by atoms with E-state index in [1.54, 1.807) is 32.2 Å². The van der Waals surface area contributed by atoms with E-state index in [4.69, 9.17) is 25.7 Å². The number of fused-ring (bicyclic) bond motifs is 1. The lowest BCUT2D eigenvalue weighted by Gasteiger charge is -2.53. The molecule has 208 valence electrons. The van der Waals surface area contributed by atoms with Crippen LogP contribution in [0.3, 0.4) is 0 Å². The van der Waals surface area contributed by atoms with E-state index in [-0.39, 0.29) is 12.3 Å². The second-order valence-electron chi connectivity index (χ2n) is 9.84. The highest BCUT2D eigenvalue weighted by atomic mass is 32.2. The molecule has 0 spiro atoms. The first-order valence-corrected chi connectivity index (χ1v) is 13.6. The minimum atomic E-state index is -1.44. The molecule has 3 amide bonds. The van der Waals surface area contributed by atoms with Crippen molar-refractivity contribution in [2.75, 3.05) is 31.4 Å². The minimum absolute atomic E-state index is 0.0907. The van der Waals surface area contributed by atoms with Crippen LogP contribution in [0.5, 0.6) is 0 Å². The van der Waals surface area contributed by atoms with Crippen molar-refractivity contribution in [2.24, 2.45) is 16.6 Å². The number of ether oxygens (including phenoxy) is 3. The average molecular weight is 570 g/mol. The van der Waals surface area contributed by atoms with Crippen molar-refractivity contribution < 1.29 is 38.2 Å². The summed E-state index contributed by atoms with van der Waals surface area (Å²) in [5.74, 6) is -2.18. The summed E-state index contributed by atoms with van der Waals surface area (Å²) in [6, 6.07) is -0.831. The van der Waals surface area contributed by atoms with Gasteiger partial charge in [0.15, 0.2) is 5.13 Å². The third-order valence-electron chi connectivity index (χ3n) is 5.80. The summed E-state index contributed by atoms with van der Waals surface area (Å²) in [5.41, 5.74) is 9.29. The first-order chi connectivity index (χ1) is 17.8. The van der Waals surface area contributed by atoms with Gasteiger partial charge >= 0.3 is 18.0 Å². The summed E-state index contributed by atoms with van der Waals surface area (Å²) < 4.78 is 15.1. The van der Waals surface area contributed by atoms with Crippen molar-refractivity contribution in [3.8, 4) is 0 Å². The Morgan fingerprint density at radius 3 is 2.55 bits per heavy atom. The number of rotatable bonds is 9. The number of nitrogens with one attached hydrogen (secondary N) is 1. The van der Waals surface area contributed by atoms with Gasteiger partial charge in [-0.2, -0.15) is 0 Å². The van der Waals surface area contributed by atoms with E-state index in [0.29, 0.717) is 22.8 Å². The molecule has 2 saturated heterocycles. The van der Waals surface area contributed by atoms with Gasteiger partial charge in [-0.3, -0.25) is 19.2 Å². The van der Waals surface area contributed by atoms with Crippen molar-refractivity contribution in [3.63, 3.8) is 0 Å². The van der Waals surface area contributed by atoms with Crippen LogP contribution in [-0.4, -0.2) is 76.8 Å². The van der Waals surface area contributed by atoms with E-state index in [1.807, 2.05) is 6.92 Å². The van der Waals surface area contributed by atoms with Crippen LogP contribution in [-0.2, 0) is 33.4 Å². The second kappa shape index (κ2) is 11.6. The van der Waals surface area contributed by atoms with Crippen LogP contribution in [0.2, 0.25) is 0 Å². The van der Waals surface area contributed by atoms with Crippen LogP contribution >= 0.6 is 23.1 Å². The number of hydrogen-bond acceptors (Lipinski definition) is 12. The number of esters is 2. The third-order valence-corrected chi connectivity index (χ3v) is 8.06. The van der Waals surface area contributed by atoms with Gasteiger partial charge in [-0.15, -0.1) is 23.1 Å². The van der Waals surface area contributed by atoms with E-state index in [2.05, 4.69) is 10.3 Å². The number of hydrogen-bond donors (Lipinski definition) is 3. The molecule has 3 atom stereocenters. The average Bonchev–Trinajstić information content (AvgIpc) is 3.29. The fourth-order valence-corrected chi connectivity index (χ4v) is 5.84. The number of thiazole rings is 1. The van der Waals surface area contributed by atoms with Crippen LogP contribution < -0.4 is 16.8 Å². The Bertz CT molecular complexity index is 1150. The molecular formula is C23H31N5O8S2. The Morgan fingerprint density at radius 2 is 1.97 bits per heavy atom. The molecule has 0 saturated carbocycles. The molecule has 1 aromatic heterocycles. The number of primary amides is 1. The van der Waals surface area contributed by atoms with Gasteiger partial charge in [-0.1, -0.05) is 13.0 Å². The first kappa shape index (κ1) is 29.2. The highest BCUT2D eigenvalue weighted by molar-refractivity contribution is 8.00. The van der Waals surface area contributed by atoms with Gasteiger partial charge in [0.05, 0.1) is 16.7 Å². The van der Waals surface area contributed by atoms with E-state index >= 15 is 0 Å².